The molecule has 6 nitrogen and oxygen atoms in total. The van der Waals surface area contributed by atoms with Crippen molar-refractivity contribution in [3.8, 4) is 11.5 Å². The van der Waals surface area contributed by atoms with Gasteiger partial charge in [-0.25, -0.2) is 4.98 Å². The van der Waals surface area contributed by atoms with Crippen LogP contribution in [0, 0.1) is 6.92 Å². The minimum Gasteiger partial charge on any atom is -0.493 e. The smallest absolute Gasteiger partial charge is 0.202 e. The van der Waals surface area contributed by atoms with Crippen LogP contribution in [-0.2, 0) is 0 Å². The van der Waals surface area contributed by atoms with Gasteiger partial charge in [0.15, 0.2) is 11.5 Å². The number of hydrogen-bond donors (Lipinski definition) is 1. The lowest BCUT2D eigenvalue weighted by Crippen LogP contribution is -2.26. The normalized spacial score (nSPS) is 12.3. The first-order chi connectivity index (χ1) is 10.5. The van der Waals surface area contributed by atoms with Gasteiger partial charge in [0.05, 0.1) is 20.3 Å². The van der Waals surface area contributed by atoms with Gasteiger partial charge < -0.3 is 19.7 Å². The maximum Gasteiger partial charge on any atom is 0.202 e. The molecule has 0 aliphatic carbocycles. The lowest BCUT2D eigenvalue weighted by atomic mass is 10.1. The molecule has 22 heavy (non-hydrogen) atoms. The lowest BCUT2D eigenvalue weighted by molar-refractivity contribution is 0.308. The van der Waals surface area contributed by atoms with E-state index in [1.807, 2.05) is 19.1 Å². The van der Waals surface area contributed by atoms with E-state index in [2.05, 4.69) is 39.7 Å². The molecule has 1 unspecified atom stereocenters. The molecule has 0 aliphatic heterocycles. The fourth-order valence-electron chi connectivity index (χ4n) is 2.21. The molecule has 0 saturated carbocycles. The Morgan fingerprint density at radius 3 is 2.50 bits per heavy atom. The van der Waals surface area contributed by atoms with Gasteiger partial charge >= 0.3 is 0 Å². The van der Waals surface area contributed by atoms with Gasteiger partial charge in [-0.1, -0.05) is 6.07 Å². The quantitative estimate of drug-likeness (QED) is 0.845. The van der Waals surface area contributed by atoms with Crippen LogP contribution in [0.4, 0.5) is 5.13 Å². The number of rotatable bonds is 7. The SMILES string of the molecule is COc1ccc(C(CNc2nc(C)ns2)N(C)C)cc1OC. The highest BCUT2D eigenvalue weighted by atomic mass is 32.1. The van der Waals surface area contributed by atoms with Crippen LogP contribution < -0.4 is 14.8 Å². The minimum absolute atomic E-state index is 0.184. The van der Waals surface area contributed by atoms with E-state index < -0.39 is 0 Å². The summed E-state index contributed by atoms with van der Waals surface area (Å²) in [4.78, 5) is 6.48. The fraction of sp³-hybridized carbons (Fsp3) is 0.467. The third-order valence-electron chi connectivity index (χ3n) is 3.39. The summed E-state index contributed by atoms with van der Waals surface area (Å²) in [5.74, 6) is 2.26. The van der Waals surface area contributed by atoms with Crippen LogP contribution >= 0.6 is 11.5 Å². The Labute approximate surface area is 135 Å². The molecule has 7 heteroatoms. The molecule has 2 rings (SSSR count). The van der Waals surface area contributed by atoms with E-state index in [0.717, 1.165) is 34.6 Å². The summed E-state index contributed by atoms with van der Waals surface area (Å²) in [5.41, 5.74) is 1.15. The van der Waals surface area contributed by atoms with Crippen LogP contribution in [0.1, 0.15) is 17.4 Å². The maximum absolute atomic E-state index is 5.39. The van der Waals surface area contributed by atoms with Crippen molar-refractivity contribution in [2.24, 2.45) is 0 Å². The van der Waals surface area contributed by atoms with Crippen molar-refractivity contribution in [1.29, 1.82) is 0 Å². The van der Waals surface area contributed by atoms with Crippen molar-refractivity contribution in [1.82, 2.24) is 14.3 Å². The molecule has 0 radical (unpaired) electrons. The molecule has 1 aromatic heterocycles. The zero-order valence-corrected chi connectivity index (χ0v) is 14.4. The molecular formula is C15H22N4O2S. The highest BCUT2D eigenvalue weighted by Crippen LogP contribution is 2.31. The summed E-state index contributed by atoms with van der Waals surface area (Å²) in [5, 5.41) is 4.18. The van der Waals surface area contributed by atoms with Crippen molar-refractivity contribution in [3.63, 3.8) is 0 Å². The van der Waals surface area contributed by atoms with Crippen molar-refractivity contribution in [2.75, 3.05) is 40.2 Å². The first kappa shape index (κ1) is 16.5. The van der Waals surface area contributed by atoms with Gasteiger partial charge in [-0.2, -0.15) is 4.37 Å². The van der Waals surface area contributed by atoms with E-state index >= 15 is 0 Å². The summed E-state index contributed by atoms with van der Waals surface area (Å²) >= 11 is 1.38. The Morgan fingerprint density at radius 1 is 1.23 bits per heavy atom. The zero-order valence-electron chi connectivity index (χ0n) is 13.6. The molecule has 0 aliphatic rings. The monoisotopic (exact) mass is 322 g/mol. The van der Waals surface area contributed by atoms with Crippen LogP contribution in [0.3, 0.4) is 0 Å². The van der Waals surface area contributed by atoms with Crippen LogP contribution in [0.25, 0.3) is 0 Å². The van der Waals surface area contributed by atoms with Crippen LogP contribution in [0.15, 0.2) is 18.2 Å². The number of hydrogen-bond acceptors (Lipinski definition) is 7. The number of methoxy groups -OCH3 is 2. The van der Waals surface area contributed by atoms with E-state index in [4.69, 9.17) is 9.47 Å². The Morgan fingerprint density at radius 2 is 1.95 bits per heavy atom. The van der Waals surface area contributed by atoms with Crippen molar-refractivity contribution in [3.05, 3.63) is 29.6 Å². The Bertz CT molecular complexity index is 615. The van der Waals surface area contributed by atoms with Crippen LogP contribution in [0.5, 0.6) is 11.5 Å². The average Bonchev–Trinajstić information content (AvgIpc) is 2.92. The standard InChI is InChI=1S/C15H22N4O2S/c1-10-17-15(22-18-10)16-9-12(19(2)3)11-6-7-13(20-4)14(8-11)21-5/h6-8,12H,9H2,1-5H3,(H,16,17,18). The Balaban J connectivity index is 2.16. The number of nitrogens with zero attached hydrogens (tertiary/aromatic N) is 3. The second-order valence-corrected chi connectivity index (χ2v) is 5.87. The zero-order chi connectivity index (χ0) is 16.1. The summed E-state index contributed by atoms with van der Waals surface area (Å²) in [7, 11) is 7.39. The van der Waals surface area contributed by atoms with Gasteiger partial charge in [0.1, 0.15) is 5.82 Å². The summed E-state index contributed by atoms with van der Waals surface area (Å²) in [6.45, 7) is 2.62. The molecule has 1 heterocycles. The van der Waals surface area contributed by atoms with E-state index in [9.17, 15) is 0 Å². The van der Waals surface area contributed by atoms with E-state index in [1.165, 1.54) is 11.5 Å². The van der Waals surface area contributed by atoms with Gasteiger partial charge in [0.25, 0.3) is 0 Å². The largest absolute Gasteiger partial charge is 0.493 e. The molecule has 0 bridgehead atoms. The summed E-state index contributed by atoms with van der Waals surface area (Å²) < 4.78 is 14.9. The first-order valence-corrected chi connectivity index (χ1v) is 7.75. The number of aryl methyl sites for hydroxylation is 1. The molecule has 0 saturated heterocycles. The molecule has 1 aromatic carbocycles. The molecule has 0 spiro atoms. The number of aromatic nitrogens is 2. The molecule has 0 fully saturated rings. The lowest BCUT2D eigenvalue weighted by Gasteiger charge is -2.25. The van der Waals surface area contributed by atoms with Crippen molar-refractivity contribution >= 4 is 16.7 Å². The number of nitrogens with one attached hydrogen (secondary N) is 1. The number of anilines is 1. The third-order valence-corrected chi connectivity index (χ3v) is 4.15. The highest BCUT2D eigenvalue weighted by Gasteiger charge is 2.17. The minimum atomic E-state index is 0.184. The molecule has 1 atom stereocenters. The maximum atomic E-state index is 5.39. The summed E-state index contributed by atoms with van der Waals surface area (Å²) in [6.07, 6.45) is 0. The average molecular weight is 322 g/mol. The van der Waals surface area contributed by atoms with E-state index in [0.29, 0.717) is 0 Å². The molecule has 0 amide bonds. The topological polar surface area (TPSA) is 59.5 Å². The van der Waals surface area contributed by atoms with Crippen LogP contribution in [0.2, 0.25) is 0 Å². The number of benzene rings is 1. The van der Waals surface area contributed by atoms with E-state index in [-0.39, 0.29) is 6.04 Å². The predicted molar refractivity (Wildman–Crippen MR) is 89.1 cm³/mol. The van der Waals surface area contributed by atoms with Gasteiger partial charge in [-0.15, -0.1) is 0 Å². The Hall–Kier alpha value is -1.86. The number of ether oxygens (including phenoxy) is 2. The predicted octanol–water partition coefficient (Wildman–Crippen LogP) is 2.58. The van der Waals surface area contributed by atoms with Crippen LogP contribution in [-0.4, -0.2) is 49.1 Å². The second kappa shape index (κ2) is 7.42. The highest BCUT2D eigenvalue weighted by molar-refractivity contribution is 7.09. The van der Waals surface area contributed by atoms with Gasteiger partial charge in [-0.3, -0.25) is 0 Å². The molecule has 120 valence electrons. The fourth-order valence-corrected chi connectivity index (χ4v) is 2.79. The Kier molecular flexibility index (Phi) is 5.57. The van der Waals surface area contributed by atoms with Gasteiger partial charge in [0, 0.05) is 18.1 Å². The number of likely N-dealkylation sites (N-methyl/N-ethyl adjacent to an activating group) is 1. The molecule has 2 aromatic rings. The second-order valence-electron chi connectivity index (χ2n) is 5.12. The van der Waals surface area contributed by atoms with Gasteiger partial charge in [0.2, 0.25) is 5.13 Å². The molecule has 1 N–H and O–H groups in total. The van der Waals surface area contributed by atoms with Gasteiger partial charge in [-0.05, 0) is 38.7 Å². The molecular weight excluding hydrogens is 300 g/mol. The van der Waals surface area contributed by atoms with Crippen molar-refractivity contribution in [2.45, 2.75) is 13.0 Å². The van der Waals surface area contributed by atoms with Crippen molar-refractivity contribution < 1.29 is 9.47 Å². The third kappa shape index (κ3) is 3.86. The van der Waals surface area contributed by atoms with E-state index in [1.54, 1.807) is 14.2 Å². The first-order valence-electron chi connectivity index (χ1n) is 6.97. The summed E-state index contributed by atoms with van der Waals surface area (Å²) in [6, 6.07) is 6.18.